The number of hydrogen-bond donors (Lipinski definition) is 0. The lowest BCUT2D eigenvalue weighted by Crippen LogP contribution is -2.07. The highest BCUT2D eigenvalue weighted by atomic mass is 16.5. The van der Waals surface area contributed by atoms with Crippen molar-refractivity contribution in [2.24, 2.45) is 0 Å². The van der Waals surface area contributed by atoms with Gasteiger partial charge in [-0.1, -0.05) is 23.4 Å². The van der Waals surface area contributed by atoms with Gasteiger partial charge in [0.2, 0.25) is 0 Å². The van der Waals surface area contributed by atoms with Crippen LogP contribution in [0.3, 0.4) is 0 Å². The molecule has 5 heteroatoms. The van der Waals surface area contributed by atoms with Gasteiger partial charge in [0.05, 0.1) is 12.3 Å². The minimum absolute atomic E-state index is 0.388. The van der Waals surface area contributed by atoms with Crippen LogP contribution in [0.2, 0.25) is 0 Å². The van der Waals surface area contributed by atoms with Crippen LogP contribution in [0.4, 0.5) is 0 Å². The number of nitriles is 1. The zero-order valence-electron chi connectivity index (χ0n) is 10.2. The molecule has 18 heavy (non-hydrogen) atoms. The standard InChI is InChI=1S/C13H14N4O/c1-11-13(10-14)15-16-17(11)8-5-9-18-12-6-3-2-4-7-12/h2-4,6-7H,5,8-9H2,1H3. The molecule has 0 saturated carbocycles. The fourth-order valence-corrected chi connectivity index (χ4v) is 1.60. The molecule has 2 rings (SSSR count). The van der Waals surface area contributed by atoms with Crippen molar-refractivity contribution in [1.82, 2.24) is 15.0 Å². The largest absolute Gasteiger partial charge is 0.494 e. The summed E-state index contributed by atoms with van der Waals surface area (Å²) in [7, 11) is 0. The Labute approximate surface area is 106 Å². The summed E-state index contributed by atoms with van der Waals surface area (Å²) in [5.74, 6) is 0.866. The molecule has 0 aliphatic carbocycles. The van der Waals surface area contributed by atoms with E-state index in [9.17, 15) is 0 Å². The average molecular weight is 242 g/mol. The molecule has 0 amide bonds. The second-order valence-corrected chi connectivity index (χ2v) is 3.87. The third-order valence-electron chi connectivity index (χ3n) is 2.61. The Balaban J connectivity index is 1.79. The van der Waals surface area contributed by atoms with E-state index in [1.807, 2.05) is 43.3 Å². The summed E-state index contributed by atoms with van der Waals surface area (Å²) >= 11 is 0. The first-order chi connectivity index (χ1) is 8.81. The van der Waals surface area contributed by atoms with Gasteiger partial charge in [-0.2, -0.15) is 5.26 Å². The maximum Gasteiger partial charge on any atom is 0.185 e. The number of para-hydroxylation sites is 1. The van der Waals surface area contributed by atoms with Crippen molar-refractivity contribution in [3.63, 3.8) is 0 Å². The first-order valence-corrected chi connectivity index (χ1v) is 5.79. The Bertz CT molecular complexity index is 542. The van der Waals surface area contributed by atoms with E-state index >= 15 is 0 Å². The number of ether oxygens (including phenoxy) is 1. The van der Waals surface area contributed by atoms with Crippen molar-refractivity contribution in [3.8, 4) is 11.8 Å². The topological polar surface area (TPSA) is 63.7 Å². The lowest BCUT2D eigenvalue weighted by molar-refractivity contribution is 0.297. The van der Waals surface area contributed by atoms with Crippen LogP contribution in [0.5, 0.6) is 5.75 Å². The molecule has 1 aromatic carbocycles. The summed E-state index contributed by atoms with van der Waals surface area (Å²) in [4.78, 5) is 0. The molecule has 0 N–H and O–H groups in total. The highest BCUT2D eigenvalue weighted by Gasteiger charge is 2.06. The average Bonchev–Trinajstić information content (AvgIpc) is 2.77. The highest BCUT2D eigenvalue weighted by molar-refractivity contribution is 5.23. The molecule has 92 valence electrons. The number of nitrogens with zero attached hydrogens (tertiary/aromatic N) is 4. The Morgan fingerprint density at radius 3 is 2.78 bits per heavy atom. The summed E-state index contributed by atoms with van der Waals surface area (Å²) < 4.78 is 7.30. The van der Waals surface area contributed by atoms with Crippen molar-refractivity contribution in [3.05, 3.63) is 41.7 Å². The van der Waals surface area contributed by atoms with E-state index < -0.39 is 0 Å². The van der Waals surface area contributed by atoms with Crippen LogP contribution in [-0.4, -0.2) is 21.6 Å². The van der Waals surface area contributed by atoms with Gasteiger partial charge in [-0.15, -0.1) is 5.10 Å². The second kappa shape index (κ2) is 5.82. The Hall–Kier alpha value is -2.35. The lowest BCUT2D eigenvalue weighted by Gasteiger charge is -2.06. The van der Waals surface area contributed by atoms with Gasteiger partial charge in [0, 0.05) is 13.0 Å². The molecule has 0 spiro atoms. The first kappa shape index (κ1) is 12.1. The van der Waals surface area contributed by atoms with Crippen LogP contribution >= 0.6 is 0 Å². The van der Waals surface area contributed by atoms with E-state index in [1.165, 1.54) is 0 Å². The van der Waals surface area contributed by atoms with Crippen LogP contribution < -0.4 is 4.74 Å². The van der Waals surface area contributed by atoms with Crippen LogP contribution in [0.15, 0.2) is 30.3 Å². The van der Waals surface area contributed by atoms with E-state index in [4.69, 9.17) is 10.00 Å². The van der Waals surface area contributed by atoms with Gasteiger partial charge in [0.15, 0.2) is 5.69 Å². The zero-order valence-corrected chi connectivity index (χ0v) is 10.2. The molecule has 0 aliphatic heterocycles. The van der Waals surface area contributed by atoms with Crippen LogP contribution in [-0.2, 0) is 6.54 Å². The van der Waals surface area contributed by atoms with Gasteiger partial charge >= 0.3 is 0 Å². The summed E-state index contributed by atoms with van der Waals surface area (Å²) in [6.07, 6.45) is 0.823. The molecule has 0 fully saturated rings. The van der Waals surface area contributed by atoms with Crippen molar-refractivity contribution >= 4 is 0 Å². The van der Waals surface area contributed by atoms with Gasteiger partial charge in [0.1, 0.15) is 11.8 Å². The van der Waals surface area contributed by atoms with E-state index in [2.05, 4.69) is 10.3 Å². The minimum atomic E-state index is 0.388. The van der Waals surface area contributed by atoms with Crippen molar-refractivity contribution in [1.29, 1.82) is 5.26 Å². The fourth-order valence-electron chi connectivity index (χ4n) is 1.60. The van der Waals surface area contributed by atoms with E-state index in [0.29, 0.717) is 18.8 Å². The summed E-state index contributed by atoms with van der Waals surface area (Å²) in [5, 5.41) is 16.5. The molecular weight excluding hydrogens is 228 g/mol. The minimum Gasteiger partial charge on any atom is -0.494 e. The lowest BCUT2D eigenvalue weighted by atomic mass is 10.3. The van der Waals surface area contributed by atoms with Crippen LogP contribution in [0.25, 0.3) is 0 Å². The number of aromatic nitrogens is 3. The second-order valence-electron chi connectivity index (χ2n) is 3.87. The molecule has 1 aromatic heterocycles. The predicted octanol–water partition coefficient (Wildman–Crippen LogP) is 1.93. The van der Waals surface area contributed by atoms with Gasteiger partial charge < -0.3 is 4.74 Å². The molecule has 1 heterocycles. The van der Waals surface area contributed by atoms with Crippen molar-refractivity contribution < 1.29 is 4.74 Å². The maximum atomic E-state index is 8.76. The normalized spacial score (nSPS) is 10.0. The highest BCUT2D eigenvalue weighted by Crippen LogP contribution is 2.09. The Kier molecular flexibility index (Phi) is 3.92. The zero-order chi connectivity index (χ0) is 12.8. The van der Waals surface area contributed by atoms with Gasteiger partial charge in [-0.3, -0.25) is 0 Å². The molecule has 5 nitrogen and oxygen atoms in total. The van der Waals surface area contributed by atoms with Crippen LogP contribution in [0, 0.1) is 18.3 Å². The Morgan fingerprint density at radius 2 is 2.11 bits per heavy atom. The van der Waals surface area contributed by atoms with E-state index in [-0.39, 0.29) is 0 Å². The quantitative estimate of drug-likeness (QED) is 0.751. The number of hydrogen-bond acceptors (Lipinski definition) is 4. The molecule has 0 unspecified atom stereocenters. The number of rotatable bonds is 5. The third kappa shape index (κ3) is 2.86. The van der Waals surface area contributed by atoms with Crippen LogP contribution in [0.1, 0.15) is 17.8 Å². The molecule has 0 saturated heterocycles. The molecule has 2 aromatic rings. The summed E-state index contributed by atoms with van der Waals surface area (Å²) in [5.41, 5.74) is 1.19. The van der Waals surface area contributed by atoms with Crippen molar-refractivity contribution in [2.45, 2.75) is 19.9 Å². The number of aryl methyl sites for hydroxylation is 1. The first-order valence-electron chi connectivity index (χ1n) is 5.79. The third-order valence-corrected chi connectivity index (χ3v) is 2.61. The van der Waals surface area contributed by atoms with Gasteiger partial charge in [0.25, 0.3) is 0 Å². The number of benzene rings is 1. The van der Waals surface area contributed by atoms with Gasteiger partial charge in [-0.25, -0.2) is 4.68 Å². The van der Waals surface area contributed by atoms with Crippen molar-refractivity contribution in [2.75, 3.05) is 6.61 Å². The monoisotopic (exact) mass is 242 g/mol. The summed E-state index contributed by atoms with van der Waals surface area (Å²) in [6.45, 7) is 3.16. The maximum absolute atomic E-state index is 8.76. The molecular formula is C13H14N4O. The molecule has 0 bridgehead atoms. The predicted molar refractivity (Wildman–Crippen MR) is 66.0 cm³/mol. The smallest absolute Gasteiger partial charge is 0.185 e. The molecule has 0 radical (unpaired) electrons. The SMILES string of the molecule is Cc1c(C#N)nnn1CCCOc1ccccc1. The van der Waals surface area contributed by atoms with Gasteiger partial charge in [-0.05, 0) is 19.1 Å². The summed E-state index contributed by atoms with van der Waals surface area (Å²) in [6, 6.07) is 11.7. The fraction of sp³-hybridized carbons (Fsp3) is 0.308. The molecule has 0 atom stereocenters. The Morgan fingerprint density at radius 1 is 1.33 bits per heavy atom. The van der Waals surface area contributed by atoms with E-state index in [0.717, 1.165) is 17.9 Å². The van der Waals surface area contributed by atoms with E-state index in [1.54, 1.807) is 4.68 Å². The molecule has 0 aliphatic rings.